The number of sulfone groups is 2. The molecule has 0 bridgehead atoms. The molecule has 2 saturated heterocycles. The summed E-state index contributed by atoms with van der Waals surface area (Å²) < 4.78 is 48.7. The van der Waals surface area contributed by atoms with Gasteiger partial charge in [0.15, 0.2) is 30.4 Å². The second-order valence-electron chi connectivity index (χ2n) is 6.36. The normalized spacial score (nSPS) is 30.8. The zero-order valence-corrected chi connectivity index (χ0v) is 14.5. The van der Waals surface area contributed by atoms with E-state index in [-0.39, 0.29) is 0 Å². The van der Waals surface area contributed by atoms with Crippen molar-refractivity contribution in [1.29, 1.82) is 0 Å². The highest BCUT2D eigenvalue weighted by atomic mass is 32.2. The minimum absolute atomic E-state index is 0.458. The summed E-state index contributed by atoms with van der Waals surface area (Å²) in [5, 5.41) is -0.702. The van der Waals surface area contributed by atoms with Gasteiger partial charge in [0.05, 0.1) is 0 Å². The molecule has 2 amide bonds. The van der Waals surface area contributed by atoms with Gasteiger partial charge in [0.2, 0.25) is 0 Å². The second kappa shape index (κ2) is 5.19. The predicted molar refractivity (Wildman–Crippen MR) is 78.5 cm³/mol. The van der Waals surface area contributed by atoms with Crippen LogP contribution in [0.5, 0.6) is 0 Å². The maximum Gasteiger partial charge on any atom is 0.257 e. The average Bonchev–Trinajstić information content (AvgIpc) is 2.66. The summed E-state index contributed by atoms with van der Waals surface area (Å²) in [5.74, 6) is -3.83. The number of nitrogens with zero attached hydrogens (tertiary/aromatic N) is 2. The standard InChI is InChI=1S/C12H20N2O6S2/c1-7(2)11-13(9(15)5-21(11,17)18)14-10(16)6-22(19,20)12(14)8(3)4/h7-8,11-12H,5-6H2,1-4H3/t11-,12-/m0/s1. The van der Waals surface area contributed by atoms with Gasteiger partial charge in [-0.3, -0.25) is 9.59 Å². The molecular formula is C12H20N2O6S2. The molecule has 0 aromatic rings. The van der Waals surface area contributed by atoms with Crippen LogP contribution in [0.3, 0.4) is 0 Å². The van der Waals surface area contributed by atoms with Crippen LogP contribution in [0.15, 0.2) is 0 Å². The van der Waals surface area contributed by atoms with E-state index in [0.717, 1.165) is 10.0 Å². The van der Waals surface area contributed by atoms with Crippen molar-refractivity contribution in [3.8, 4) is 0 Å². The Hall–Kier alpha value is -1.16. The summed E-state index contributed by atoms with van der Waals surface area (Å²) in [7, 11) is -7.49. The van der Waals surface area contributed by atoms with Gasteiger partial charge in [0.1, 0.15) is 11.5 Å². The highest BCUT2D eigenvalue weighted by Crippen LogP contribution is 2.34. The maximum atomic E-state index is 12.2. The van der Waals surface area contributed by atoms with Gasteiger partial charge in [-0.1, -0.05) is 27.7 Å². The first-order valence-electron chi connectivity index (χ1n) is 6.97. The fraction of sp³-hybridized carbons (Fsp3) is 0.833. The zero-order chi connectivity index (χ0) is 17.0. The summed E-state index contributed by atoms with van der Waals surface area (Å²) in [4.78, 5) is 24.3. The second-order valence-corrected chi connectivity index (χ2v) is 10.6. The van der Waals surface area contributed by atoms with Gasteiger partial charge in [-0.2, -0.15) is 0 Å². The number of hydrogen-bond acceptors (Lipinski definition) is 6. The van der Waals surface area contributed by atoms with Gasteiger partial charge in [0.25, 0.3) is 11.8 Å². The molecule has 0 spiro atoms. The van der Waals surface area contributed by atoms with Gasteiger partial charge < -0.3 is 0 Å². The van der Waals surface area contributed by atoms with Crippen LogP contribution in [-0.2, 0) is 29.3 Å². The van der Waals surface area contributed by atoms with Crippen LogP contribution in [0.25, 0.3) is 0 Å². The van der Waals surface area contributed by atoms with Gasteiger partial charge in [0, 0.05) is 0 Å². The molecule has 2 atom stereocenters. The number of carbonyl (C=O) groups excluding carboxylic acids is 2. The van der Waals surface area contributed by atoms with Crippen molar-refractivity contribution in [3.05, 3.63) is 0 Å². The molecule has 0 aromatic heterocycles. The van der Waals surface area contributed by atoms with Crippen LogP contribution in [0.2, 0.25) is 0 Å². The molecule has 0 aliphatic carbocycles. The minimum Gasteiger partial charge on any atom is -0.272 e. The molecule has 0 aromatic carbocycles. The summed E-state index contributed by atoms with van der Waals surface area (Å²) in [6.45, 7) is 6.47. The highest BCUT2D eigenvalue weighted by Gasteiger charge is 2.56. The largest absolute Gasteiger partial charge is 0.272 e. The van der Waals surface area contributed by atoms with Gasteiger partial charge >= 0.3 is 0 Å². The van der Waals surface area contributed by atoms with Crippen molar-refractivity contribution in [2.45, 2.75) is 38.4 Å². The Morgan fingerprint density at radius 3 is 1.27 bits per heavy atom. The van der Waals surface area contributed by atoms with Crippen molar-refractivity contribution < 1.29 is 26.4 Å². The summed E-state index contributed by atoms with van der Waals surface area (Å²) in [5.41, 5.74) is 0. The number of hydrogen-bond donors (Lipinski definition) is 0. The number of carbonyl (C=O) groups is 2. The third-order valence-electron chi connectivity index (χ3n) is 3.75. The summed E-state index contributed by atoms with van der Waals surface area (Å²) >= 11 is 0. The van der Waals surface area contributed by atoms with Gasteiger partial charge in [-0.05, 0) is 11.8 Å². The van der Waals surface area contributed by atoms with Crippen LogP contribution >= 0.6 is 0 Å². The fourth-order valence-corrected chi connectivity index (χ4v) is 7.11. The molecule has 2 aliphatic heterocycles. The van der Waals surface area contributed by atoms with Crippen molar-refractivity contribution >= 4 is 31.5 Å². The third kappa shape index (κ3) is 2.51. The maximum absolute atomic E-state index is 12.2. The Kier molecular flexibility index (Phi) is 4.06. The quantitative estimate of drug-likeness (QED) is 0.670. The van der Waals surface area contributed by atoms with E-state index in [9.17, 15) is 26.4 Å². The van der Waals surface area contributed by atoms with Crippen molar-refractivity contribution in [2.24, 2.45) is 11.8 Å². The SMILES string of the molecule is CC(C)[C@H]1N(N2C(=O)CS(=O)(=O)[C@H]2C(C)C)C(=O)CS1(=O)=O. The zero-order valence-electron chi connectivity index (χ0n) is 12.9. The molecule has 2 heterocycles. The van der Waals surface area contributed by atoms with E-state index in [1.807, 2.05) is 0 Å². The van der Waals surface area contributed by atoms with E-state index in [4.69, 9.17) is 0 Å². The summed E-state index contributed by atoms with van der Waals surface area (Å²) in [6.07, 6.45) is 0. The molecule has 0 radical (unpaired) electrons. The molecule has 0 unspecified atom stereocenters. The lowest BCUT2D eigenvalue weighted by Gasteiger charge is -2.37. The molecule has 10 heteroatoms. The van der Waals surface area contributed by atoms with Crippen LogP contribution in [0.1, 0.15) is 27.7 Å². The lowest BCUT2D eigenvalue weighted by atomic mass is 10.2. The Bertz CT molecular complexity index is 648. The van der Waals surface area contributed by atoms with E-state index < -0.39 is 65.6 Å². The topological polar surface area (TPSA) is 109 Å². The molecule has 0 saturated carbocycles. The van der Waals surface area contributed by atoms with Gasteiger partial charge in [-0.15, -0.1) is 0 Å². The Balaban J connectivity index is 2.57. The first kappa shape index (κ1) is 17.2. The number of amides is 2. The summed E-state index contributed by atoms with van der Waals surface area (Å²) in [6, 6.07) is 0. The van der Waals surface area contributed by atoms with Crippen molar-refractivity contribution in [2.75, 3.05) is 11.5 Å². The third-order valence-corrected chi connectivity index (χ3v) is 8.01. The van der Waals surface area contributed by atoms with E-state index in [1.54, 1.807) is 27.7 Å². The van der Waals surface area contributed by atoms with Gasteiger partial charge in [-0.25, -0.2) is 26.9 Å². The van der Waals surface area contributed by atoms with Crippen molar-refractivity contribution in [1.82, 2.24) is 10.0 Å². The average molecular weight is 352 g/mol. The Labute approximate surface area is 130 Å². The molecule has 0 N–H and O–H groups in total. The van der Waals surface area contributed by atoms with E-state index in [1.165, 1.54) is 0 Å². The van der Waals surface area contributed by atoms with Crippen molar-refractivity contribution in [3.63, 3.8) is 0 Å². The van der Waals surface area contributed by atoms with E-state index >= 15 is 0 Å². The molecule has 2 fully saturated rings. The van der Waals surface area contributed by atoms with E-state index in [2.05, 4.69) is 0 Å². The lowest BCUT2D eigenvalue weighted by Crippen LogP contribution is -2.56. The number of hydrazine groups is 1. The van der Waals surface area contributed by atoms with E-state index in [0.29, 0.717) is 0 Å². The molecule has 126 valence electrons. The first-order chi connectivity index (χ1) is 9.90. The Morgan fingerprint density at radius 2 is 1.05 bits per heavy atom. The lowest BCUT2D eigenvalue weighted by molar-refractivity contribution is -0.163. The molecule has 2 rings (SSSR count). The highest BCUT2D eigenvalue weighted by molar-refractivity contribution is 7.93. The van der Waals surface area contributed by atoms with Crippen LogP contribution in [0, 0.1) is 11.8 Å². The molecular weight excluding hydrogens is 332 g/mol. The number of rotatable bonds is 3. The van der Waals surface area contributed by atoms with Crippen LogP contribution in [-0.4, -0.2) is 60.9 Å². The first-order valence-corrected chi connectivity index (χ1v) is 10.4. The molecule has 22 heavy (non-hydrogen) atoms. The monoisotopic (exact) mass is 352 g/mol. The fourth-order valence-electron chi connectivity index (χ4n) is 3.12. The smallest absolute Gasteiger partial charge is 0.257 e. The Morgan fingerprint density at radius 1 is 0.773 bits per heavy atom. The predicted octanol–water partition coefficient (Wildman–Crippen LogP) is -0.620. The molecule has 8 nitrogen and oxygen atoms in total. The van der Waals surface area contributed by atoms with Crippen LogP contribution < -0.4 is 0 Å². The molecule has 2 aliphatic rings. The minimum atomic E-state index is -3.74. The van der Waals surface area contributed by atoms with Crippen LogP contribution in [0.4, 0.5) is 0 Å².